The Morgan fingerprint density at radius 2 is 1.93 bits per heavy atom. The topological polar surface area (TPSA) is 21.7 Å². The van der Waals surface area contributed by atoms with Crippen molar-refractivity contribution in [3.63, 3.8) is 0 Å². The zero-order chi connectivity index (χ0) is 20.6. The minimum Gasteiger partial charge on any atom is -0.497 e. The molecule has 0 amide bonds. The van der Waals surface area contributed by atoms with Crippen LogP contribution in [-0.2, 0) is 23.2 Å². The fourth-order valence-electron chi connectivity index (χ4n) is 6.02. The summed E-state index contributed by atoms with van der Waals surface area (Å²) in [5, 5.41) is 0. The van der Waals surface area contributed by atoms with Crippen LogP contribution in [0.2, 0.25) is 0 Å². The van der Waals surface area contributed by atoms with Gasteiger partial charge in [-0.15, -0.1) is 0 Å². The molecule has 2 aliphatic carbocycles. The Morgan fingerprint density at radius 3 is 2.70 bits per heavy atom. The van der Waals surface area contributed by atoms with E-state index in [9.17, 15) is 0 Å². The molecule has 5 rings (SSSR count). The van der Waals surface area contributed by atoms with Gasteiger partial charge in [-0.1, -0.05) is 43.3 Å². The first-order chi connectivity index (χ1) is 14.7. The molecule has 1 heterocycles. The van der Waals surface area contributed by atoms with E-state index in [1.54, 1.807) is 7.11 Å². The molecule has 1 saturated carbocycles. The van der Waals surface area contributed by atoms with Crippen molar-refractivity contribution in [2.45, 2.75) is 57.1 Å². The second kappa shape index (κ2) is 8.36. The Balaban J connectivity index is 1.37. The highest BCUT2D eigenvalue weighted by atomic mass is 16.5. The molecule has 1 aliphatic heterocycles. The molecule has 1 saturated heterocycles. The molecule has 3 aliphatic rings. The first-order valence-electron chi connectivity index (χ1n) is 11.7. The molecular formula is C27H35NO2. The van der Waals surface area contributed by atoms with E-state index >= 15 is 0 Å². The van der Waals surface area contributed by atoms with Crippen molar-refractivity contribution in [1.29, 1.82) is 0 Å². The molecule has 0 radical (unpaired) electrons. The molecule has 2 aromatic rings. The van der Waals surface area contributed by atoms with E-state index in [2.05, 4.69) is 60.4 Å². The standard InChI is InChI=1S/C27H35NO2/c1-20-26-16-23-10-11-24(29-2)17-25(23)27(20,12-14-28(26)18-21-8-9-21)13-15-30-19-22-6-4-3-5-7-22/h3-7,10-11,17,20-21,26H,8-9,12-16,18-19H2,1-2H3/t20-,26+,27-/m0/s1. The quantitative estimate of drug-likeness (QED) is 0.562. The summed E-state index contributed by atoms with van der Waals surface area (Å²) in [6.45, 7) is 6.55. The van der Waals surface area contributed by atoms with Crippen LogP contribution in [-0.4, -0.2) is 37.7 Å². The summed E-state index contributed by atoms with van der Waals surface area (Å²) >= 11 is 0. The van der Waals surface area contributed by atoms with Crippen molar-refractivity contribution in [2.24, 2.45) is 11.8 Å². The van der Waals surface area contributed by atoms with Crippen LogP contribution in [0.15, 0.2) is 48.5 Å². The lowest BCUT2D eigenvalue weighted by molar-refractivity contribution is -0.00214. The number of benzene rings is 2. The van der Waals surface area contributed by atoms with Gasteiger partial charge < -0.3 is 9.47 Å². The molecule has 2 bridgehead atoms. The van der Waals surface area contributed by atoms with E-state index < -0.39 is 0 Å². The largest absolute Gasteiger partial charge is 0.497 e. The Morgan fingerprint density at radius 1 is 1.10 bits per heavy atom. The summed E-state index contributed by atoms with van der Waals surface area (Å²) in [4.78, 5) is 2.82. The highest BCUT2D eigenvalue weighted by Gasteiger charge is 2.51. The molecule has 3 atom stereocenters. The van der Waals surface area contributed by atoms with Crippen molar-refractivity contribution in [3.05, 3.63) is 65.2 Å². The molecule has 3 heteroatoms. The number of nitrogens with zero attached hydrogens (tertiary/aromatic N) is 1. The summed E-state index contributed by atoms with van der Waals surface area (Å²) < 4.78 is 11.8. The maximum absolute atomic E-state index is 6.19. The lowest BCUT2D eigenvalue weighted by atomic mass is 9.56. The van der Waals surface area contributed by atoms with Crippen molar-refractivity contribution in [3.8, 4) is 5.75 Å². The Hall–Kier alpha value is -1.84. The third-order valence-electron chi connectivity index (χ3n) is 8.04. The highest BCUT2D eigenvalue weighted by Crippen LogP contribution is 2.52. The number of hydrogen-bond donors (Lipinski definition) is 0. The number of rotatable bonds is 8. The molecular weight excluding hydrogens is 370 g/mol. The van der Waals surface area contributed by atoms with Gasteiger partial charge in [-0.05, 0) is 79.3 Å². The predicted molar refractivity (Wildman–Crippen MR) is 121 cm³/mol. The van der Waals surface area contributed by atoms with Crippen LogP contribution in [0.5, 0.6) is 5.75 Å². The summed E-state index contributed by atoms with van der Waals surface area (Å²) in [5.41, 5.74) is 4.51. The summed E-state index contributed by atoms with van der Waals surface area (Å²) in [7, 11) is 1.78. The lowest BCUT2D eigenvalue weighted by Crippen LogP contribution is -2.59. The number of hydrogen-bond acceptors (Lipinski definition) is 3. The monoisotopic (exact) mass is 405 g/mol. The van der Waals surface area contributed by atoms with Crippen molar-refractivity contribution < 1.29 is 9.47 Å². The molecule has 30 heavy (non-hydrogen) atoms. The molecule has 0 spiro atoms. The fourth-order valence-corrected chi connectivity index (χ4v) is 6.02. The molecule has 0 unspecified atom stereocenters. The summed E-state index contributed by atoms with van der Waals surface area (Å²) in [6.07, 6.45) is 6.37. The Labute approximate surface area is 181 Å². The van der Waals surface area contributed by atoms with Crippen LogP contribution in [0.3, 0.4) is 0 Å². The molecule has 2 fully saturated rings. The van der Waals surface area contributed by atoms with E-state index in [1.807, 2.05) is 0 Å². The maximum Gasteiger partial charge on any atom is 0.119 e. The molecule has 0 aromatic heterocycles. The minimum atomic E-state index is 0.198. The van der Waals surface area contributed by atoms with E-state index in [0.717, 1.165) is 24.7 Å². The first kappa shape index (κ1) is 20.1. The van der Waals surface area contributed by atoms with Crippen LogP contribution < -0.4 is 4.74 Å². The Kier molecular flexibility index (Phi) is 5.59. The summed E-state index contributed by atoms with van der Waals surface area (Å²) in [6, 6.07) is 18.0. The number of methoxy groups -OCH3 is 1. The van der Waals surface area contributed by atoms with Crippen molar-refractivity contribution >= 4 is 0 Å². The highest BCUT2D eigenvalue weighted by molar-refractivity contribution is 5.45. The van der Waals surface area contributed by atoms with Gasteiger partial charge in [0, 0.05) is 24.6 Å². The number of fused-ring (bicyclic) bond motifs is 4. The molecule has 0 N–H and O–H groups in total. The van der Waals surface area contributed by atoms with Crippen LogP contribution in [0.4, 0.5) is 0 Å². The number of likely N-dealkylation sites (tertiary alicyclic amines) is 1. The van der Waals surface area contributed by atoms with Crippen LogP contribution in [0.1, 0.15) is 49.3 Å². The van der Waals surface area contributed by atoms with Gasteiger partial charge in [0.25, 0.3) is 0 Å². The minimum absolute atomic E-state index is 0.198. The van der Waals surface area contributed by atoms with E-state index in [4.69, 9.17) is 9.47 Å². The fraction of sp³-hybridized carbons (Fsp3) is 0.556. The van der Waals surface area contributed by atoms with Gasteiger partial charge in [-0.25, -0.2) is 0 Å². The molecule has 2 aromatic carbocycles. The molecule has 160 valence electrons. The van der Waals surface area contributed by atoms with E-state index in [-0.39, 0.29) is 5.41 Å². The summed E-state index contributed by atoms with van der Waals surface area (Å²) in [5.74, 6) is 2.59. The zero-order valence-corrected chi connectivity index (χ0v) is 18.5. The van der Waals surface area contributed by atoms with Gasteiger partial charge >= 0.3 is 0 Å². The van der Waals surface area contributed by atoms with Gasteiger partial charge in [-0.2, -0.15) is 0 Å². The van der Waals surface area contributed by atoms with Crippen LogP contribution >= 0.6 is 0 Å². The zero-order valence-electron chi connectivity index (χ0n) is 18.5. The van der Waals surface area contributed by atoms with Gasteiger partial charge in [0.1, 0.15) is 5.75 Å². The first-order valence-corrected chi connectivity index (χ1v) is 11.7. The van der Waals surface area contributed by atoms with E-state index in [0.29, 0.717) is 18.6 Å². The van der Waals surface area contributed by atoms with Crippen LogP contribution in [0.25, 0.3) is 0 Å². The third kappa shape index (κ3) is 3.78. The van der Waals surface area contributed by atoms with Gasteiger partial charge in [0.2, 0.25) is 0 Å². The van der Waals surface area contributed by atoms with Gasteiger partial charge in [0.05, 0.1) is 13.7 Å². The maximum atomic E-state index is 6.19. The van der Waals surface area contributed by atoms with Crippen molar-refractivity contribution in [2.75, 3.05) is 26.8 Å². The predicted octanol–water partition coefficient (Wildman–Crippen LogP) is 5.22. The second-order valence-electron chi connectivity index (χ2n) is 9.72. The SMILES string of the molecule is COc1ccc2c(c1)[C@]1(CCOCc3ccccc3)CCN(CC3CC3)[C@H](C2)[C@@H]1C. The number of piperidine rings is 1. The Bertz CT molecular complexity index is 862. The van der Waals surface area contributed by atoms with E-state index in [1.165, 1.54) is 55.5 Å². The smallest absolute Gasteiger partial charge is 0.119 e. The van der Waals surface area contributed by atoms with Crippen molar-refractivity contribution in [1.82, 2.24) is 4.90 Å². The lowest BCUT2D eigenvalue weighted by Gasteiger charge is -2.56. The third-order valence-corrected chi connectivity index (χ3v) is 8.04. The number of ether oxygens (including phenoxy) is 2. The average molecular weight is 406 g/mol. The normalized spacial score (nSPS) is 28.2. The second-order valence-corrected chi connectivity index (χ2v) is 9.72. The molecule has 3 nitrogen and oxygen atoms in total. The van der Waals surface area contributed by atoms with Gasteiger partial charge in [0.15, 0.2) is 0 Å². The van der Waals surface area contributed by atoms with Gasteiger partial charge in [-0.3, -0.25) is 4.90 Å². The average Bonchev–Trinajstić information content (AvgIpc) is 3.59. The van der Waals surface area contributed by atoms with Crippen LogP contribution in [0, 0.1) is 11.8 Å².